The molecule has 3 atom stereocenters. The van der Waals surface area contributed by atoms with E-state index < -0.39 is 60.7 Å². The van der Waals surface area contributed by atoms with Gasteiger partial charge in [0.25, 0.3) is 0 Å². The van der Waals surface area contributed by atoms with Crippen LogP contribution in [0, 0.1) is 0 Å². The molecule has 1 aromatic rings. The number of rotatable bonds is 10. The van der Waals surface area contributed by atoms with E-state index in [0.29, 0.717) is 12.8 Å². The van der Waals surface area contributed by atoms with Crippen LogP contribution in [-0.4, -0.2) is 70.8 Å². The summed E-state index contributed by atoms with van der Waals surface area (Å²) < 4.78 is 0. The monoisotopic (exact) mass is 433 g/mol. The minimum atomic E-state index is -1.31. The Morgan fingerprint density at radius 1 is 1.10 bits per heavy atom. The van der Waals surface area contributed by atoms with Crippen LogP contribution in [0.5, 0.6) is 0 Å². The molecule has 0 radical (unpaired) electrons. The van der Waals surface area contributed by atoms with Crippen molar-refractivity contribution < 1.29 is 29.1 Å². The van der Waals surface area contributed by atoms with Crippen LogP contribution in [0.1, 0.15) is 24.8 Å². The second-order valence-corrected chi connectivity index (χ2v) is 7.27. The number of nitrogens with zero attached hydrogens (tertiary/aromatic N) is 1. The maximum absolute atomic E-state index is 13.2. The van der Waals surface area contributed by atoms with Gasteiger partial charge in [-0.2, -0.15) is 0 Å². The summed E-state index contributed by atoms with van der Waals surface area (Å²) in [7, 11) is 0. The molecular formula is C20H27N5O6. The van der Waals surface area contributed by atoms with Crippen LogP contribution in [0.3, 0.4) is 0 Å². The molecule has 1 fully saturated rings. The maximum Gasteiger partial charge on any atom is 0.326 e. The number of carbonyl (C=O) groups excluding carboxylic acids is 4. The number of hydrogen-bond donors (Lipinski definition) is 5. The van der Waals surface area contributed by atoms with E-state index >= 15 is 0 Å². The lowest BCUT2D eigenvalue weighted by Crippen LogP contribution is -2.57. The van der Waals surface area contributed by atoms with Gasteiger partial charge >= 0.3 is 5.97 Å². The van der Waals surface area contributed by atoms with E-state index in [1.54, 1.807) is 30.3 Å². The number of carboxylic acid groups (broad SMARTS) is 1. The molecule has 0 bridgehead atoms. The molecule has 7 N–H and O–H groups in total. The van der Waals surface area contributed by atoms with Crippen molar-refractivity contribution in [3.05, 3.63) is 35.9 Å². The topological polar surface area (TPSA) is 185 Å². The average Bonchev–Trinajstić information content (AvgIpc) is 3.22. The Kier molecular flexibility index (Phi) is 8.50. The van der Waals surface area contributed by atoms with E-state index in [1.165, 1.54) is 4.90 Å². The highest BCUT2D eigenvalue weighted by Crippen LogP contribution is 2.19. The molecule has 1 saturated heterocycles. The second-order valence-electron chi connectivity index (χ2n) is 7.27. The van der Waals surface area contributed by atoms with Gasteiger partial charge < -0.3 is 32.1 Å². The van der Waals surface area contributed by atoms with Gasteiger partial charge in [0.15, 0.2) is 0 Å². The van der Waals surface area contributed by atoms with Gasteiger partial charge in [0.2, 0.25) is 23.6 Å². The standard InChI is InChI=1S/C20H27N5O6/c21-11-17(27)23-13(10-16(22)26)18(28)24-14(9-12-5-2-1-3-6-12)19(29)25-8-4-7-15(25)20(30)31/h1-3,5-6,13-15H,4,7-11,21H2,(H2,22,26)(H,23,27)(H,24,28)(H,30,31). The normalized spacial score (nSPS) is 17.5. The van der Waals surface area contributed by atoms with Crippen molar-refractivity contribution in [3.8, 4) is 0 Å². The number of nitrogens with one attached hydrogen (secondary N) is 2. The highest BCUT2D eigenvalue weighted by atomic mass is 16.4. The lowest BCUT2D eigenvalue weighted by molar-refractivity contribution is -0.149. The van der Waals surface area contributed by atoms with Gasteiger partial charge in [-0.3, -0.25) is 19.2 Å². The third-order valence-electron chi connectivity index (χ3n) is 4.96. The average molecular weight is 433 g/mol. The van der Waals surface area contributed by atoms with Crippen molar-refractivity contribution in [1.29, 1.82) is 0 Å². The molecule has 0 spiro atoms. The highest BCUT2D eigenvalue weighted by Gasteiger charge is 2.38. The Morgan fingerprint density at radius 3 is 2.35 bits per heavy atom. The molecule has 1 aromatic carbocycles. The minimum absolute atomic E-state index is 0.0996. The minimum Gasteiger partial charge on any atom is -0.480 e. The van der Waals surface area contributed by atoms with E-state index in [-0.39, 0.29) is 13.0 Å². The molecule has 0 saturated carbocycles. The zero-order chi connectivity index (χ0) is 23.0. The number of amides is 4. The second kappa shape index (κ2) is 11.1. The van der Waals surface area contributed by atoms with Crippen LogP contribution in [-0.2, 0) is 30.4 Å². The molecule has 4 amide bonds. The van der Waals surface area contributed by atoms with Crippen LogP contribution in [0.25, 0.3) is 0 Å². The molecule has 1 aliphatic rings. The van der Waals surface area contributed by atoms with Crippen LogP contribution >= 0.6 is 0 Å². The fourth-order valence-corrected chi connectivity index (χ4v) is 3.47. The van der Waals surface area contributed by atoms with Crippen molar-refractivity contribution in [2.75, 3.05) is 13.1 Å². The number of carboxylic acids is 1. The predicted octanol–water partition coefficient (Wildman–Crippen LogP) is -1.89. The Labute approximate surface area is 179 Å². The fraction of sp³-hybridized carbons (Fsp3) is 0.450. The lowest BCUT2D eigenvalue weighted by atomic mass is 10.0. The van der Waals surface area contributed by atoms with Crippen LogP contribution < -0.4 is 22.1 Å². The number of benzene rings is 1. The molecule has 2 rings (SSSR count). The first-order chi connectivity index (χ1) is 14.7. The lowest BCUT2D eigenvalue weighted by Gasteiger charge is -2.28. The van der Waals surface area contributed by atoms with E-state index in [1.807, 2.05) is 0 Å². The van der Waals surface area contributed by atoms with Crippen molar-refractivity contribution in [3.63, 3.8) is 0 Å². The Morgan fingerprint density at radius 2 is 1.77 bits per heavy atom. The van der Waals surface area contributed by atoms with Gasteiger partial charge in [0.1, 0.15) is 18.1 Å². The van der Waals surface area contributed by atoms with E-state index in [0.717, 1.165) is 5.56 Å². The number of aliphatic carboxylic acids is 1. The fourth-order valence-electron chi connectivity index (χ4n) is 3.47. The first kappa shape index (κ1) is 23.8. The Bertz CT molecular complexity index is 831. The van der Waals surface area contributed by atoms with E-state index in [4.69, 9.17) is 11.5 Å². The summed E-state index contributed by atoms with van der Waals surface area (Å²) in [5.41, 5.74) is 11.2. The smallest absolute Gasteiger partial charge is 0.326 e. The van der Waals surface area contributed by atoms with E-state index in [2.05, 4.69) is 10.6 Å². The number of primary amides is 1. The molecular weight excluding hydrogens is 406 g/mol. The van der Waals surface area contributed by atoms with Crippen molar-refractivity contribution in [1.82, 2.24) is 15.5 Å². The molecule has 3 unspecified atom stereocenters. The zero-order valence-corrected chi connectivity index (χ0v) is 17.0. The quantitative estimate of drug-likeness (QED) is 0.285. The van der Waals surface area contributed by atoms with Gasteiger partial charge in [-0.1, -0.05) is 30.3 Å². The SMILES string of the molecule is NCC(=O)NC(CC(N)=O)C(=O)NC(Cc1ccccc1)C(=O)N1CCCC1C(=O)O. The Balaban J connectivity index is 2.25. The predicted molar refractivity (Wildman–Crippen MR) is 109 cm³/mol. The van der Waals surface area contributed by atoms with Crippen LogP contribution in [0.15, 0.2) is 30.3 Å². The summed E-state index contributed by atoms with van der Waals surface area (Å²) in [6, 6.07) is 5.49. The van der Waals surface area contributed by atoms with Gasteiger partial charge in [-0.15, -0.1) is 0 Å². The summed E-state index contributed by atoms with van der Waals surface area (Å²) in [5, 5.41) is 14.3. The van der Waals surface area contributed by atoms with Crippen molar-refractivity contribution in [2.45, 2.75) is 43.8 Å². The van der Waals surface area contributed by atoms with Crippen LogP contribution in [0.4, 0.5) is 0 Å². The summed E-state index contributed by atoms with van der Waals surface area (Å²) in [6.45, 7) is -0.144. The number of nitrogens with two attached hydrogens (primary N) is 2. The first-order valence-corrected chi connectivity index (χ1v) is 9.88. The summed E-state index contributed by atoms with van der Waals surface area (Å²) in [4.78, 5) is 61.7. The third-order valence-corrected chi connectivity index (χ3v) is 4.96. The Hall–Kier alpha value is -3.47. The van der Waals surface area contributed by atoms with Crippen molar-refractivity contribution >= 4 is 29.6 Å². The summed E-state index contributed by atoms with van der Waals surface area (Å²) >= 11 is 0. The van der Waals surface area contributed by atoms with Crippen LogP contribution in [0.2, 0.25) is 0 Å². The molecule has 11 nitrogen and oxygen atoms in total. The maximum atomic E-state index is 13.2. The van der Waals surface area contributed by atoms with Gasteiger partial charge in [0.05, 0.1) is 13.0 Å². The van der Waals surface area contributed by atoms with Gasteiger partial charge in [-0.05, 0) is 18.4 Å². The molecule has 1 aliphatic heterocycles. The largest absolute Gasteiger partial charge is 0.480 e. The van der Waals surface area contributed by atoms with E-state index in [9.17, 15) is 29.1 Å². The molecule has 1 heterocycles. The number of carbonyl (C=O) groups is 5. The third kappa shape index (κ3) is 6.78. The molecule has 31 heavy (non-hydrogen) atoms. The van der Waals surface area contributed by atoms with Crippen molar-refractivity contribution in [2.24, 2.45) is 11.5 Å². The number of likely N-dealkylation sites (tertiary alicyclic amines) is 1. The molecule has 11 heteroatoms. The zero-order valence-electron chi connectivity index (χ0n) is 17.0. The van der Waals surface area contributed by atoms with Gasteiger partial charge in [-0.25, -0.2) is 4.79 Å². The molecule has 0 aliphatic carbocycles. The first-order valence-electron chi connectivity index (χ1n) is 9.88. The molecule has 0 aromatic heterocycles. The highest BCUT2D eigenvalue weighted by molar-refractivity contribution is 5.95. The number of hydrogen-bond acceptors (Lipinski definition) is 6. The summed E-state index contributed by atoms with van der Waals surface area (Å²) in [6.07, 6.45) is 0.475. The van der Waals surface area contributed by atoms with Gasteiger partial charge in [0, 0.05) is 13.0 Å². The molecule has 168 valence electrons. The summed E-state index contributed by atoms with van der Waals surface area (Å²) in [5.74, 6) is -3.95.